The van der Waals surface area contributed by atoms with Gasteiger partial charge in [0.05, 0.1) is 12.1 Å². The van der Waals surface area contributed by atoms with E-state index in [0.717, 1.165) is 25.7 Å². The summed E-state index contributed by atoms with van der Waals surface area (Å²) >= 11 is 0. The van der Waals surface area contributed by atoms with Gasteiger partial charge in [-0.05, 0) is 25.0 Å². The van der Waals surface area contributed by atoms with Gasteiger partial charge in [-0.3, -0.25) is 9.59 Å². The van der Waals surface area contributed by atoms with Gasteiger partial charge in [0.2, 0.25) is 5.91 Å². The van der Waals surface area contributed by atoms with E-state index in [1.807, 2.05) is 18.2 Å². The molecule has 1 saturated carbocycles. The highest BCUT2D eigenvalue weighted by atomic mass is 16.5. The minimum atomic E-state index is -0.813. The van der Waals surface area contributed by atoms with Gasteiger partial charge in [-0.2, -0.15) is 0 Å². The van der Waals surface area contributed by atoms with Crippen LogP contribution in [-0.2, 0) is 9.59 Å². The molecule has 2 rings (SSSR count). The summed E-state index contributed by atoms with van der Waals surface area (Å²) in [6.07, 6.45) is 5.66. The van der Waals surface area contributed by atoms with Crippen molar-refractivity contribution in [3.05, 3.63) is 30.3 Å². The first kappa shape index (κ1) is 18.3. The molecule has 3 N–H and O–H groups in total. The van der Waals surface area contributed by atoms with Gasteiger partial charge in [-0.1, -0.05) is 43.9 Å². The van der Waals surface area contributed by atoms with Crippen LogP contribution in [0.2, 0.25) is 0 Å². The first-order valence-electron chi connectivity index (χ1n) is 8.51. The van der Waals surface area contributed by atoms with Gasteiger partial charge < -0.3 is 20.5 Å². The molecule has 0 bridgehead atoms. The first-order valence-corrected chi connectivity index (χ1v) is 8.51. The number of benzene rings is 1. The number of amides is 2. The molecule has 0 heterocycles. The number of rotatable bonds is 7. The number of carbonyl (C=O) groups is 2. The predicted molar refractivity (Wildman–Crippen MR) is 90.6 cm³/mol. The van der Waals surface area contributed by atoms with Crippen molar-refractivity contribution in [2.45, 2.75) is 44.1 Å². The maximum atomic E-state index is 11.8. The summed E-state index contributed by atoms with van der Waals surface area (Å²) in [4.78, 5) is 23.5. The number of aliphatic hydroxyl groups is 1. The summed E-state index contributed by atoms with van der Waals surface area (Å²) in [5.41, 5.74) is -0.813. The molecule has 24 heavy (non-hydrogen) atoms. The molecule has 0 unspecified atom stereocenters. The number of hydrogen-bond acceptors (Lipinski definition) is 4. The predicted octanol–water partition coefficient (Wildman–Crippen LogP) is 1.38. The lowest BCUT2D eigenvalue weighted by Crippen LogP contribution is -2.46. The lowest BCUT2D eigenvalue weighted by molar-refractivity contribution is -0.127. The molecule has 6 heteroatoms. The highest BCUT2D eigenvalue weighted by Gasteiger charge is 2.28. The Kier molecular flexibility index (Phi) is 7.06. The van der Waals surface area contributed by atoms with Crippen molar-refractivity contribution in [2.75, 3.05) is 19.7 Å². The molecule has 2 amide bonds. The SMILES string of the molecule is O=C(CNC(=O)COc1ccccc1)NCC1(O)CCCCCC1. The van der Waals surface area contributed by atoms with E-state index in [4.69, 9.17) is 4.74 Å². The normalized spacial score (nSPS) is 16.7. The van der Waals surface area contributed by atoms with Crippen LogP contribution in [0.25, 0.3) is 0 Å². The molecule has 0 radical (unpaired) electrons. The minimum Gasteiger partial charge on any atom is -0.484 e. The average Bonchev–Trinajstić information content (AvgIpc) is 2.82. The van der Waals surface area contributed by atoms with Crippen LogP contribution in [0.1, 0.15) is 38.5 Å². The quantitative estimate of drug-likeness (QED) is 0.658. The largest absolute Gasteiger partial charge is 0.484 e. The van der Waals surface area contributed by atoms with Gasteiger partial charge in [-0.25, -0.2) is 0 Å². The molecular formula is C18H26N2O4. The van der Waals surface area contributed by atoms with Gasteiger partial charge in [0.1, 0.15) is 5.75 Å². The summed E-state index contributed by atoms with van der Waals surface area (Å²) < 4.78 is 5.30. The second-order valence-electron chi connectivity index (χ2n) is 6.29. The van der Waals surface area contributed by atoms with E-state index in [1.165, 1.54) is 0 Å². The molecule has 6 nitrogen and oxygen atoms in total. The summed E-state index contributed by atoms with van der Waals surface area (Å²) in [5.74, 6) is -0.0596. The molecule has 1 aromatic rings. The Hall–Kier alpha value is -2.08. The lowest BCUT2D eigenvalue weighted by Gasteiger charge is -2.26. The molecule has 0 spiro atoms. The molecule has 1 aliphatic rings. The number of hydrogen-bond donors (Lipinski definition) is 3. The monoisotopic (exact) mass is 334 g/mol. The van der Waals surface area contributed by atoms with Gasteiger partial charge in [0.25, 0.3) is 5.91 Å². The van der Waals surface area contributed by atoms with Crippen LogP contribution in [0.5, 0.6) is 5.75 Å². The Labute approximate surface area is 142 Å². The van der Waals surface area contributed by atoms with Crippen LogP contribution in [-0.4, -0.2) is 42.2 Å². The van der Waals surface area contributed by atoms with E-state index in [2.05, 4.69) is 10.6 Å². The number of ether oxygens (including phenoxy) is 1. The standard InChI is InChI=1S/C18H26N2O4/c21-16(20-14-18(23)10-6-1-2-7-11-18)12-19-17(22)13-24-15-8-4-3-5-9-15/h3-5,8-9,23H,1-2,6-7,10-14H2,(H,19,22)(H,20,21). The van der Waals surface area contributed by atoms with Crippen LogP contribution >= 0.6 is 0 Å². The third kappa shape index (κ3) is 6.58. The summed E-state index contributed by atoms with van der Waals surface area (Å²) in [7, 11) is 0. The van der Waals surface area contributed by atoms with Crippen LogP contribution in [0.4, 0.5) is 0 Å². The topological polar surface area (TPSA) is 87.7 Å². The number of nitrogens with one attached hydrogen (secondary N) is 2. The zero-order chi connectivity index (χ0) is 17.3. The minimum absolute atomic E-state index is 0.118. The summed E-state index contributed by atoms with van der Waals surface area (Å²) in [5, 5.41) is 15.7. The fourth-order valence-electron chi connectivity index (χ4n) is 2.78. The van der Waals surface area contributed by atoms with Crippen LogP contribution < -0.4 is 15.4 Å². The second-order valence-corrected chi connectivity index (χ2v) is 6.29. The van der Waals surface area contributed by atoms with E-state index in [-0.39, 0.29) is 31.5 Å². The Morgan fingerprint density at radius 2 is 1.67 bits per heavy atom. The maximum Gasteiger partial charge on any atom is 0.258 e. The number of para-hydroxylation sites is 1. The smallest absolute Gasteiger partial charge is 0.258 e. The molecule has 0 saturated heterocycles. The second kappa shape index (κ2) is 9.27. The zero-order valence-corrected chi connectivity index (χ0v) is 13.9. The molecular weight excluding hydrogens is 308 g/mol. The number of carbonyl (C=O) groups excluding carboxylic acids is 2. The van der Waals surface area contributed by atoms with Gasteiger partial charge >= 0.3 is 0 Å². The Bertz CT molecular complexity index is 525. The average molecular weight is 334 g/mol. The van der Waals surface area contributed by atoms with E-state index in [0.29, 0.717) is 18.6 Å². The molecule has 1 aromatic carbocycles. The van der Waals surface area contributed by atoms with Gasteiger partial charge in [0, 0.05) is 6.54 Å². The molecule has 0 aliphatic heterocycles. The molecule has 1 aliphatic carbocycles. The third-order valence-corrected chi connectivity index (χ3v) is 4.21. The zero-order valence-electron chi connectivity index (χ0n) is 13.9. The highest BCUT2D eigenvalue weighted by molar-refractivity contribution is 5.85. The molecule has 0 atom stereocenters. The lowest BCUT2D eigenvalue weighted by atomic mass is 9.94. The van der Waals surface area contributed by atoms with Crippen molar-refractivity contribution in [3.8, 4) is 5.75 Å². The van der Waals surface area contributed by atoms with Crippen molar-refractivity contribution < 1.29 is 19.4 Å². The summed E-state index contributed by atoms with van der Waals surface area (Å²) in [6.45, 7) is -0.0173. The van der Waals surface area contributed by atoms with Crippen molar-refractivity contribution in [2.24, 2.45) is 0 Å². The maximum absolute atomic E-state index is 11.8. The van der Waals surface area contributed by atoms with E-state index in [9.17, 15) is 14.7 Å². The fraction of sp³-hybridized carbons (Fsp3) is 0.556. The molecule has 1 fully saturated rings. The van der Waals surface area contributed by atoms with Crippen molar-refractivity contribution in [3.63, 3.8) is 0 Å². The molecule has 0 aromatic heterocycles. The Balaban J connectivity index is 1.62. The van der Waals surface area contributed by atoms with Crippen molar-refractivity contribution >= 4 is 11.8 Å². The van der Waals surface area contributed by atoms with Gasteiger partial charge in [-0.15, -0.1) is 0 Å². The fourth-order valence-corrected chi connectivity index (χ4v) is 2.78. The van der Waals surface area contributed by atoms with Crippen LogP contribution in [0, 0.1) is 0 Å². The van der Waals surface area contributed by atoms with Gasteiger partial charge in [0.15, 0.2) is 6.61 Å². The van der Waals surface area contributed by atoms with Crippen molar-refractivity contribution in [1.82, 2.24) is 10.6 Å². The molecule has 132 valence electrons. The highest BCUT2D eigenvalue weighted by Crippen LogP contribution is 2.26. The third-order valence-electron chi connectivity index (χ3n) is 4.21. The van der Waals surface area contributed by atoms with Crippen LogP contribution in [0.3, 0.4) is 0 Å². The van der Waals surface area contributed by atoms with E-state index < -0.39 is 5.60 Å². The van der Waals surface area contributed by atoms with E-state index in [1.54, 1.807) is 12.1 Å². The Morgan fingerprint density at radius 3 is 2.33 bits per heavy atom. The van der Waals surface area contributed by atoms with E-state index >= 15 is 0 Å². The van der Waals surface area contributed by atoms with Crippen LogP contribution in [0.15, 0.2) is 30.3 Å². The first-order chi connectivity index (χ1) is 11.6. The van der Waals surface area contributed by atoms with Crippen molar-refractivity contribution in [1.29, 1.82) is 0 Å². The Morgan fingerprint density at radius 1 is 1.00 bits per heavy atom. The summed E-state index contributed by atoms with van der Waals surface area (Å²) in [6, 6.07) is 9.01.